The molecule has 5 heteroatoms. The van der Waals surface area contributed by atoms with Gasteiger partial charge in [-0.3, -0.25) is 9.59 Å². The fraction of sp³-hybridized carbons (Fsp3) is 0.733. The van der Waals surface area contributed by atoms with Gasteiger partial charge in [-0.2, -0.15) is 0 Å². The van der Waals surface area contributed by atoms with Crippen molar-refractivity contribution in [2.75, 3.05) is 19.8 Å². The molecule has 0 unspecified atom stereocenters. The SMILES string of the molecule is CCCCC(C)(C)CC(=O)OCC(C)(COCc1ccccc1)COC(=O)CC(C)(C)CCCC. The summed E-state index contributed by atoms with van der Waals surface area (Å²) in [5.74, 6) is -0.431. The van der Waals surface area contributed by atoms with E-state index in [9.17, 15) is 9.59 Å². The Kier molecular flexibility index (Phi) is 13.6. The predicted molar refractivity (Wildman–Crippen MR) is 142 cm³/mol. The van der Waals surface area contributed by atoms with Gasteiger partial charge in [-0.25, -0.2) is 0 Å². The smallest absolute Gasteiger partial charge is 0.306 e. The van der Waals surface area contributed by atoms with E-state index in [1.54, 1.807) is 0 Å². The highest BCUT2D eigenvalue weighted by Crippen LogP contribution is 2.30. The van der Waals surface area contributed by atoms with Crippen molar-refractivity contribution in [2.45, 2.75) is 106 Å². The molecule has 35 heavy (non-hydrogen) atoms. The molecular formula is C30H50O5. The van der Waals surface area contributed by atoms with Crippen molar-refractivity contribution < 1.29 is 23.8 Å². The molecule has 0 atom stereocenters. The number of carbonyl (C=O) groups excluding carboxylic acids is 2. The summed E-state index contributed by atoms with van der Waals surface area (Å²) in [6.45, 7) is 15.7. The number of carbonyl (C=O) groups is 2. The second kappa shape index (κ2) is 15.3. The summed E-state index contributed by atoms with van der Waals surface area (Å²) in [6.07, 6.45) is 7.12. The van der Waals surface area contributed by atoms with E-state index < -0.39 is 5.41 Å². The zero-order chi connectivity index (χ0) is 26.4. The first-order valence-corrected chi connectivity index (χ1v) is 13.3. The Morgan fingerprint density at radius 3 is 1.60 bits per heavy atom. The molecule has 0 saturated carbocycles. The third-order valence-corrected chi connectivity index (χ3v) is 6.39. The molecular weight excluding hydrogens is 440 g/mol. The van der Waals surface area contributed by atoms with Gasteiger partial charge in [0.15, 0.2) is 0 Å². The Morgan fingerprint density at radius 1 is 0.714 bits per heavy atom. The van der Waals surface area contributed by atoms with Crippen LogP contribution in [0.5, 0.6) is 0 Å². The van der Waals surface area contributed by atoms with E-state index in [1.807, 2.05) is 37.3 Å². The van der Waals surface area contributed by atoms with Gasteiger partial charge in [0.05, 0.1) is 31.5 Å². The van der Waals surface area contributed by atoms with Crippen LogP contribution in [0, 0.1) is 16.2 Å². The zero-order valence-electron chi connectivity index (χ0n) is 23.4. The van der Waals surface area contributed by atoms with Crippen LogP contribution in [-0.2, 0) is 30.4 Å². The molecule has 0 saturated heterocycles. The zero-order valence-corrected chi connectivity index (χ0v) is 23.4. The van der Waals surface area contributed by atoms with Crippen LogP contribution in [-0.4, -0.2) is 31.8 Å². The first-order valence-electron chi connectivity index (χ1n) is 13.3. The predicted octanol–water partition coefficient (Wildman–Crippen LogP) is 7.51. The van der Waals surface area contributed by atoms with Crippen LogP contribution in [0.4, 0.5) is 0 Å². The molecule has 0 fully saturated rings. The summed E-state index contributed by atoms with van der Waals surface area (Å²) in [4.78, 5) is 25.2. The lowest BCUT2D eigenvalue weighted by molar-refractivity contribution is -0.159. The normalized spacial score (nSPS) is 12.4. The van der Waals surface area contributed by atoms with Crippen molar-refractivity contribution in [3.05, 3.63) is 35.9 Å². The Morgan fingerprint density at radius 2 is 1.17 bits per heavy atom. The minimum atomic E-state index is -0.624. The van der Waals surface area contributed by atoms with Crippen LogP contribution in [0.3, 0.4) is 0 Å². The summed E-state index contributed by atoms with van der Waals surface area (Å²) in [7, 11) is 0. The number of esters is 2. The van der Waals surface area contributed by atoms with Crippen molar-refractivity contribution in [1.29, 1.82) is 0 Å². The minimum Gasteiger partial charge on any atom is -0.465 e. The Bertz CT molecular complexity index is 700. The monoisotopic (exact) mass is 490 g/mol. The molecule has 0 aliphatic heterocycles. The molecule has 1 rings (SSSR count). The highest BCUT2D eigenvalue weighted by atomic mass is 16.6. The van der Waals surface area contributed by atoms with Crippen LogP contribution >= 0.6 is 0 Å². The molecule has 0 aromatic heterocycles. The number of benzene rings is 1. The number of rotatable bonds is 18. The average molecular weight is 491 g/mol. The molecule has 5 nitrogen and oxygen atoms in total. The van der Waals surface area contributed by atoms with Gasteiger partial charge in [0.2, 0.25) is 0 Å². The van der Waals surface area contributed by atoms with Gasteiger partial charge in [-0.15, -0.1) is 0 Å². The maximum atomic E-state index is 12.6. The Hall–Kier alpha value is -1.88. The van der Waals surface area contributed by atoms with Crippen molar-refractivity contribution >= 4 is 11.9 Å². The molecule has 0 heterocycles. The molecule has 0 amide bonds. The maximum absolute atomic E-state index is 12.6. The minimum absolute atomic E-state index is 0.0934. The van der Waals surface area contributed by atoms with E-state index in [4.69, 9.17) is 14.2 Å². The summed E-state index contributed by atoms with van der Waals surface area (Å²) in [6, 6.07) is 9.93. The van der Waals surface area contributed by atoms with Crippen molar-refractivity contribution in [3.8, 4) is 0 Å². The second-order valence-electron chi connectivity index (χ2n) is 12.0. The molecule has 0 spiro atoms. The maximum Gasteiger partial charge on any atom is 0.306 e. The van der Waals surface area contributed by atoms with Crippen molar-refractivity contribution in [3.63, 3.8) is 0 Å². The van der Waals surface area contributed by atoms with E-state index in [-0.39, 0.29) is 36.0 Å². The number of hydrogen-bond donors (Lipinski definition) is 0. The Balaban J connectivity index is 2.71. The molecule has 0 bridgehead atoms. The van der Waals surface area contributed by atoms with Crippen LogP contribution in [0.1, 0.15) is 105 Å². The molecule has 0 radical (unpaired) electrons. The molecule has 1 aromatic carbocycles. The summed E-state index contributed by atoms with van der Waals surface area (Å²) in [5, 5.41) is 0. The molecule has 200 valence electrons. The fourth-order valence-corrected chi connectivity index (χ4v) is 3.99. The lowest BCUT2D eigenvalue weighted by Gasteiger charge is -2.30. The van der Waals surface area contributed by atoms with E-state index >= 15 is 0 Å². The van der Waals surface area contributed by atoms with E-state index in [0.29, 0.717) is 26.1 Å². The average Bonchev–Trinajstić information content (AvgIpc) is 2.79. The third-order valence-electron chi connectivity index (χ3n) is 6.39. The fourth-order valence-electron chi connectivity index (χ4n) is 3.99. The lowest BCUT2D eigenvalue weighted by Crippen LogP contribution is -2.37. The van der Waals surface area contributed by atoms with Gasteiger partial charge in [0, 0.05) is 0 Å². The standard InChI is InChI=1S/C30H50O5/c1-8-10-17-28(3,4)19-26(31)34-23-30(7,22-33-21-25-15-13-12-14-16-25)24-35-27(32)20-29(5,6)18-11-9-2/h12-16H,8-11,17-24H2,1-7H3. The van der Waals surface area contributed by atoms with Crippen molar-refractivity contribution in [1.82, 2.24) is 0 Å². The highest BCUT2D eigenvalue weighted by Gasteiger charge is 2.32. The first-order chi connectivity index (χ1) is 16.4. The summed E-state index contributed by atoms with van der Waals surface area (Å²) in [5.41, 5.74) is 0.258. The van der Waals surface area contributed by atoms with E-state index in [2.05, 4.69) is 41.5 Å². The van der Waals surface area contributed by atoms with Crippen LogP contribution < -0.4 is 0 Å². The third kappa shape index (κ3) is 14.3. The van der Waals surface area contributed by atoms with Gasteiger partial charge in [-0.05, 0) is 29.2 Å². The quantitative estimate of drug-likeness (QED) is 0.199. The molecule has 0 aliphatic carbocycles. The number of unbranched alkanes of at least 4 members (excludes halogenated alkanes) is 2. The van der Waals surface area contributed by atoms with Gasteiger partial charge in [-0.1, -0.05) is 104 Å². The van der Waals surface area contributed by atoms with E-state index in [0.717, 1.165) is 44.1 Å². The largest absolute Gasteiger partial charge is 0.465 e. The van der Waals surface area contributed by atoms with Gasteiger partial charge in [0.25, 0.3) is 0 Å². The topological polar surface area (TPSA) is 61.8 Å². The van der Waals surface area contributed by atoms with Gasteiger partial charge < -0.3 is 14.2 Å². The second-order valence-corrected chi connectivity index (χ2v) is 12.0. The lowest BCUT2D eigenvalue weighted by atomic mass is 9.84. The number of hydrogen-bond acceptors (Lipinski definition) is 5. The Labute approximate surface area is 214 Å². The molecule has 1 aromatic rings. The summed E-state index contributed by atoms with van der Waals surface area (Å²) < 4.78 is 17.4. The van der Waals surface area contributed by atoms with E-state index in [1.165, 1.54) is 0 Å². The highest BCUT2D eigenvalue weighted by molar-refractivity contribution is 5.70. The van der Waals surface area contributed by atoms with Gasteiger partial charge in [0.1, 0.15) is 13.2 Å². The van der Waals surface area contributed by atoms with Crippen LogP contribution in [0.25, 0.3) is 0 Å². The number of ether oxygens (including phenoxy) is 3. The first kappa shape index (κ1) is 31.2. The van der Waals surface area contributed by atoms with Crippen LogP contribution in [0.2, 0.25) is 0 Å². The molecule has 0 aliphatic rings. The summed E-state index contributed by atoms with van der Waals surface area (Å²) >= 11 is 0. The molecule has 0 N–H and O–H groups in total. The van der Waals surface area contributed by atoms with Crippen LogP contribution in [0.15, 0.2) is 30.3 Å². The van der Waals surface area contributed by atoms with Crippen molar-refractivity contribution in [2.24, 2.45) is 16.2 Å². The van der Waals surface area contributed by atoms with Gasteiger partial charge >= 0.3 is 11.9 Å².